The SMILES string of the molecule is COc1ccc(C)c2c3c(n(CCCN)c12)CCCC3. The van der Waals surface area contributed by atoms with Crippen LogP contribution >= 0.6 is 0 Å². The van der Waals surface area contributed by atoms with Gasteiger partial charge in [-0.15, -0.1) is 0 Å². The summed E-state index contributed by atoms with van der Waals surface area (Å²) in [5.41, 5.74) is 11.4. The molecule has 0 radical (unpaired) electrons. The van der Waals surface area contributed by atoms with Gasteiger partial charge in [-0.3, -0.25) is 0 Å². The standard InChI is InChI=1S/C17H24N2O/c1-12-8-9-15(20-2)17-16(12)13-6-3-4-7-14(13)19(17)11-5-10-18/h8-9H,3-7,10-11,18H2,1-2H3. The Bertz CT molecular complexity index is 628. The van der Waals surface area contributed by atoms with Crippen molar-refractivity contribution in [2.24, 2.45) is 5.73 Å². The van der Waals surface area contributed by atoms with Crippen LogP contribution in [0.3, 0.4) is 0 Å². The number of aromatic nitrogens is 1. The van der Waals surface area contributed by atoms with Crippen LogP contribution in [0.4, 0.5) is 0 Å². The van der Waals surface area contributed by atoms with Gasteiger partial charge < -0.3 is 15.0 Å². The van der Waals surface area contributed by atoms with Crippen molar-refractivity contribution in [2.75, 3.05) is 13.7 Å². The maximum absolute atomic E-state index is 5.72. The Morgan fingerprint density at radius 3 is 2.80 bits per heavy atom. The summed E-state index contributed by atoms with van der Waals surface area (Å²) in [4.78, 5) is 0. The molecule has 0 fully saturated rings. The van der Waals surface area contributed by atoms with Gasteiger partial charge >= 0.3 is 0 Å². The maximum Gasteiger partial charge on any atom is 0.143 e. The zero-order chi connectivity index (χ0) is 14.1. The summed E-state index contributed by atoms with van der Waals surface area (Å²) in [5.74, 6) is 0.997. The molecule has 2 N–H and O–H groups in total. The fraction of sp³-hybridized carbons (Fsp3) is 0.529. The van der Waals surface area contributed by atoms with E-state index in [1.807, 2.05) is 0 Å². The maximum atomic E-state index is 5.72. The molecule has 3 rings (SSSR count). The summed E-state index contributed by atoms with van der Waals surface area (Å²) >= 11 is 0. The molecule has 2 aromatic rings. The molecule has 0 spiro atoms. The Labute approximate surface area is 120 Å². The Morgan fingerprint density at radius 1 is 1.25 bits per heavy atom. The number of nitrogens with two attached hydrogens (primary N) is 1. The van der Waals surface area contributed by atoms with Gasteiger partial charge in [0, 0.05) is 17.6 Å². The first kappa shape index (κ1) is 13.5. The van der Waals surface area contributed by atoms with Gasteiger partial charge in [0.2, 0.25) is 0 Å². The topological polar surface area (TPSA) is 40.2 Å². The van der Waals surface area contributed by atoms with Gasteiger partial charge in [-0.2, -0.15) is 0 Å². The lowest BCUT2D eigenvalue weighted by Crippen LogP contribution is -2.11. The molecule has 1 heterocycles. The predicted molar refractivity (Wildman–Crippen MR) is 83.5 cm³/mol. The van der Waals surface area contributed by atoms with E-state index in [9.17, 15) is 0 Å². The molecule has 0 bridgehead atoms. The minimum absolute atomic E-state index is 0.739. The van der Waals surface area contributed by atoms with Gasteiger partial charge in [0.05, 0.1) is 12.6 Å². The summed E-state index contributed by atoms with van der Waals surface area (Å²) in [7, 11) is 1.77. The van der Waals surface area contributed by atoms with E-state index in [1.165, 1.54) is 47.8 Å². The Balaban J connectivity index is 2.30. The van der Waals surface area contributed by atoms with E-state index < -0.39 is 0 Å². The third-order valence-electron chi connectivity index (χ3n) is 4.49. The molecule has 0 atom stereocenters. The van der Waals surface area contributed by atoms with Gasteiger partial charge in [0.1, 0.15) is 5.75 Å². The second kappa shape index (κ2) is 5.49. The van der Waals surface area contributed by atoms with E-state index in [0.29, 0.717) is 0 Å². The van der Waals surface area contributed by atoms with E-state index in [1.54, 1.807) is 12.7 Å². The number of hydrogen-bond acceptors (Lipinski definition) is 2. The van der Waals surface area contributed by atoms with Crippen LogP contribution in [0.2, 0.25) is 0 Å². The molecule has 1 aromatic carbocycles. The van der Waals surface area contributed by atoms with Crippen LogP contribution in [0, 0.1) is 6.92 Å². The Hall–Kier alpha value is -1.48. The van der Waals surface area contributed by atoms with E-state index in [4.69, 9.17) is 10.5 Å². The molecule has 108 valence electrons. The van der Waals surface area contributed by atoms with Gasteiger partial charge in [-0.25, -0.2) is 0 Å². The quantitative estimate of drug-likeness (QED) is 0.928. The second-order valence-corrected chi connectivity index (χ2v) is 5.73. The van der Waals surface area contributed by atoms with Crippen LogP contribution in [-0.2, 0) is 19.4 Å². The molecule has 0 saturated carbocycles. The van der Waals surface area contributed by atoms with Crippen LogP contribution < -0.4 is 10.5 Å². The molecular formula is C17H24N2O. The van der Waals surface area contributed by atoms with Crippen molar-refractivity contribution in [3.63, 3.8) is 0 Å². The molecule has 0 unspecified atom stereocenters. The van der Waals surface area contributed by atoms with Gasteiger partial charge in [0.25, 0.3) is 0 Å². The summed E-state index contributed by atoms with van der Waals surface area (Å²) in [6.45, 7) is 3.95. The summed E-state index contributed by atoms with van der Waals surface area (Å²) in [6.07, 6.45) is 6.02. The lowest BCUT2D eigenvalue weighted by molar-refractivity contribution is 0.416. The summed E-state index contributed by atoms with van der Waals surface area (Å²) in [6, 6.07) is 4.28. The van der Waals surface area contributed by atoms with Gasteiger partial charge in [0.15, 0.2) is 0 Å². The van der Waals surface area contributed by atoms with E-state index in [2.05, 4.69) is 23.6 Å². The number of hydrogen-bond donors (Lipinski definition) is 1. The smallest absolute Gasteiger partial charge is 0.143 e. The normalized spacial score (nSPS) is 14.6. The summed E-state index contributed by atoms with van der Waals surface area (Å²) < 4.78 is 8.10. The molecule has 0 amide bonds. The Kier molecular flexibility index (Phi) is 3.70. The molecular weight excluding hydrogens is 248 g/mol. The Morgan fingerprint density at radius 2 is 2.05 bits per heavy atom. The first-order valence-corrected chi connectivity index (χ1v) is 7.65. The average molecular weight is 272 g/mol. The summed E-state index contributed by atoms with van der Waals surface area (Å²) in [5, 5.41) is 1.43. The number of aryl methyl sites for hydroxylation is 3. The highest BCUT2D eigenvalue weighted by Crippen LogP contribution is 2.38. The average Bonchev–Trinajstić information content (AvgIpc) is 2.81. The lowest BCUT2D eigenvalue weighted by Gasteiger charge is -2.16. The molecule has 1 aromatic heterocycles. The molecule has 20 heavy (non-hydrogen) atoms. The number of rotatable bonds is 4. The monoisotopic (exact) mass is 272 g/mol. The van der Waals surface area contributed by atoms with Crippen LogP contribution in [-0.4, -0.2) is 18.2 Å². The lowest BCUT2D eigenvalue weighted by atomic mass is 9.94. The first-order valence-electron chi connectivity index (χ1n) is 7.65. The van der Waals surface area contributed by atoms with Crippen molar-refractivity contribution in [3.05, 3.63) is 29.0 Å². The van der Waals surface area contributed by atoms with Gasteiger partial charge in [-0.1, -0.05) is 6.07 Å². The molecule has 1 aliphatic carbocycles. The van der Waals surface area contributed by atoms with E-state index in [0.717, 1.165) is 25.3 Å². The van der Waals surface area contributed by atoms with Crippen LogP contribution in [0.5, 0.6) is 5.75 Å². The van der Waals surface area contributed by atoms with Crippen molar-refractivity contribution < 1.29 is 4.74 Å². The van der Waals surface area contributed by atoms with Crippen molar-refractivity contribution in [1.82, 2.24) is 4.57 Å². The highest BCUT2D eigenvalue weighted by atomic mass is 16.5. The zero-order valence-corrected chi connectivity index (χ0v) is 12.5. The minimum Gasteiger partial charge on any atom is -0.495 e. The van der Waals surface area contributed by atoms with Crippen molar-refractivity contribution in [2.45, 2.75) is 45.6 Å². The van der Waals surface area contributed by atoms with Crippen LogP contribution in [0.1, 0.15) is 36.1 Å². The van der Waals surface area contributed by atoms with Crippen molar-refractivity contribution in [3.8, 4) is 5.75 Å². The number of benzene rings is 1. The molecule has 3 heteroatoms. The fourth-order valence-electron chi connectivity index (χ4n) is 3.57. The van der Waals surface area contributed by atoms with Crippen molar-refractivity contribution >= 4 is 10.9 Å². The minimum atomic E-state index is 0.739. The van der Waals surface area contributed by atoms with Crippen molar-refractivity contribution in [1.29, 1.82) is 0 Å². The fourth-order valence-corrected chi connectivity index (χ4v) is 3.57. The third-order valence-corrected chi connectivity index (χ3v) is 4.49. The first-order chi connectivity index (χ1) is 9.77. The predicted octanol–water partition coefficient (Wildman–Crippen LogP) is 3.19. The zero-order valence-electron chi connectivity index (χ0n) is 12.5. The second-order valence-electron chi connectivity index (χ2n) is 5.73. The van der Waals surface area contributed by atoms with E-state index in [-0.39, 0.29) is 0 Å². The highest BCUT2D eigenvalue weighted by molar-refractivity contribution is 5.93. The molecule has 1 aliphatic rings. The van der Waals surface area contributed by atoms with Gasteiger partial charge in [-0.05, 0) is 62.8 Å². The largest absolute Gasteiger partial charge is 0.495 e. The number of ether oxygens (including phenoxy) is 1. The molecule has 0 aliphatic heterocycles. The highest BCUT2D eigenvalue weighted by Gasteiger charge is 2.23. The van der Waals surface area contributed by atoms with Crippen LogP contribution in [0.25, 0.3) is 10.9 Å². The third kappa shape index (κ3) is 2.01. The number of methoxy groups -OCH3 is 1. The molecule has 0 saturated heterocycles. The number of fused-ring (bicyclic) bond motifs is 3. The number of nitrogens with zero attached hydrogens (tertiary/aromatic N) is 1. The van der Waals surface area contributed by atoms with Crippen LogP contribution in [0.15, 0.2) is 12.1 Å². The molecule has 3 nitrogen and oxygen atoms in total. The van der Waals surface area contributed by atoms with E-state index >= 15 is 0 Å².